The largest absolute Gasteiger partial charge is 0.379 e. The molecule has 0 spiro atoms. The molecule has 2 heterocycles. The maximum Gasteiger partial charge on any atom is 0.251 e. The summed E-state index contributed by atoms with van der Waals surface area (Å²) in [5.74, 6) is -0.00874. The highest BCUT2D eigenvalue weighted by Gasteiger charge is 2.23. The molecule has 1 amide bonds. The number of amides is 1. The number of piperidine rings is 1. The first-order chi connectivity index (χ1) is 14.7. The van der Waals surface area contributed by atoms with Crippen LogP contribution in [0.5, 0.6) is 0 Å². The Kier molecular flexibility index (Phi) is 7.03. The van der Waals surface area contributed by atoms with E-state index in [1.807, 2.05) is 12.1 Å². The Hall–Kier alpha value is -2.37. The van der Waals surface area contributed by atoms with Crippen LogP contribution in [0.25, 0.3) is 0 Å². The van der Waals surface area contributed by atoms with Crippen molar-refractivity contribution in [3.8, 4) is 0 Å². The third-order valence-electron chi connectivity index (χ3n) is 6.26. The van der Waals surface area contributed by atoms with Crippen molar-refractivity contribution in [2.24, 2.45) is 0 Å². The van der Waals surface area contributed by atoms with E-state index in [0.29, 0.717) is 6.54 Å². The first kappa shape index (κ1) is 20.9. The van der Waals surface area contributed by atoms with Crippen LogP contribution in [0.4, 0.5) is 5.69 Å². The minimum atomic E-state index is -0.00874. The van der Waals surface area contributed by atoms with E-state index in [2.05, 4.69) is 58.4 Å². The molecular formula is C25H33N3O2. The van der Waals surface area contributed by atoms with Gasteiger partial charge in [-0.1, -0.05) is 29.8 Å². The zero-order valence-corrected chi connectivity index (χ0v) is 18.0. The molecule has 1 atom stereocenters. The average molecular weight is 408 g/mol. The maximum atomic E-state index is 12.8. The second-order valence-electron chi connectivity index (χ2n) is 8.38. The molecule has 0 bridgehead atoms. The molecule has 2 fully saturated rings. The lowest BCUT2D eigenvalue weighted by atomic mass is 10.0. The summed E-state index contributed by atoms with van der Waals surface area (Å²) in [5.41, 5.74) is 4.43. The van der Waals surface area contributed by atoms with Gasteiger partial charge in [-0.25, -0.2) is 0 Å². The van der Waals surface area contributed by atoms with Gasteiger partial charge in [-0.15, -0.1) is 0 Å². The van der Waals surface area contributed by atoms with E-state index in [4.69, 9.17) is 4.74 Å². The number of ether oxygens (including phenoxy) is 1. The fourth-order valence-corrected chi connectivity index (χ4v) is 4.40. The molecule has 30 heavy (non-hydrogen) atoms. The minimum absolute atomic E-state index is 0.00874. The Morgan fingerprint density at radius 3 is 2.27 bits per heavy atom. The summed E-state index contributed by atoms with van der Waals surface area (Å²) in [5, 5.41) is 3.17. The van der Waals surface area contributed by atoms with Gasteiger partial charge >= 0.3 is 0 Å². The van der Waals surface area contributed by atoms with Gasteiger partial charge in [-0.3, -0.25) is 9.69 Å². The summed E-state index contributed by atoms with van der Waals surface area (Å²) in [6, 6.07) is 16.9. The van der Waals surface area contributed by atoms with E-state index < -0.39 is 0 Å². The van der Waals surface area contributed by atoms with Crippen molar-refractivity contribution in [3.63, 3.8) is 0 Å². The van der Waals surface area contributed by atoms with Crippen LogP contribution >= 0.6 is 0 Å². The Balaban J connectivity index is 1.40. The molecule has 2 aromatic carbocycles. The number of nitrogens with one attached hydrogen (secondary N) is 1. The molecule has 1 unspecified atom stereocenters. The number of nitrogens with zero attached hydrogens (tertiary/aromatic N) is 2. The molecule has 2 aromatic rings. The lowest BCUT2D eigenvalue weighted by Gasteiger charge is -2.35. The number of hydrogen-bond donors (Lipinski definition) is 1. The summed E-state index contributed by atoms with van der Waals surface area (Å²) in [4.78, 5) is 17.7. The van der Waals surface area contributed by atoms with Crippen LogP contribution in [0.2, 0.25) is 0 Å². The number of aryl methyl sites for hydroxylation is 1. The lowest BCUT2D eigenvalue weighted by Crippen LogP contribution is -2.43. The zero-order valence-electron chi connectivity index (χ0n) is 18.0. The van der Waals surface area contributed by atoms with Crippen molar-refractivity contribution < 1.29 is 9.53 Å². The van der Waals surface area contributed by atoms with Crippen LogP contribution in [0.15, 0.2) is 48.5 Å². The number of benzene rings is 2. The summed E-state index contributed by atoms with van der Waals surface area (Å²) in [6.45, 7) is 8.19. The van der Waals surface area contributed by atoms with Gasteiger partial charge < -0.3 is 15.0 Å². The van der Waals surface area contributed by atoms with E-state index in [0.717, 1.165) is 45.0 Å². The highest BCUT2D eigenvalue weighted by Crippen LogP contribution is 2.23. The molecule has 4 rings (SSSR count). The summed E-state index contributed by atoms with van der Waals surface area (Å²) < 4.78 is 5.53. The molecule has 5 heteroatoms. The molecule has 0 aromatic heterocycles. The Bertz CT molecular complexity index is 807. The predicted molar refractivity (Wildman–Crippen MR) is 121 cm³/mol. The molecule has 2 aliphatic rings. The Morgan fingerprint density at radius 1 is 0.933 bits per heavy atom. The molecule has 0 saturated carbocycles. The topological polar surface area (TPSA) is 44.8 Å². The monoisotopic (exact) mass is 407 g/mol. The first-order valence-corrected chi connectivity index (χ1v) is 11.2. The second kappa shape index (κ2) is 10.1. The fourth-order valence-electron chi connectivity index (χ4n) is 4.40. The summed E-state index contributed by atoms with van der Waals surface area (Å²) >= 11 is 0. The van der Waals surface area contributed by atoms with Crippen molar-refractivity contribution >= 4 is 11.6 Å². The van der Waals surface area contributed by atoms with Gasteiger partial charge in [0.2, 0.25) is 0 Å². The number of carbonyl (C=O) groups excluding carboxylic acids is 1. The molecule has 0 radical (unpaired) electrons. The molecule has 5 nitrogen and oxygen atoms in total. The van der Waals surface area contributed by atoms with Crippen molar-refractivity contribution in [1.29, 1.82) is 0 Å². The van der Waals surface area contributed by atoms with Gasteiger partial charge in [0.15, 0.2) is 0 Å². The standard InChI is InChI=1S/C25H33N3O2/c1-20-5-7-21(8-6-20)24(28-15-17-30-18-16-28)19-26-25(29)22-9-11-23(12-10-22)27-13-3-2-4-14-27/h5-12,24H,2-4,13-19H2,1H3,(H,26,29). The molecule has 1 N–H and O–H groups in total. The van der Waals surface area contributed by atoms with Crippen molar-refractivity contribution in [2.75, 3.05) is 50.8 Å². The maximum absolute atomic E-state index is 12.8. The van der Waals surface area contributed by atoms with Gasteiger partial charge in [0.1, 0.15) is 0 Å². The van der Waals surface area contributed by atoms with E-state index in [9.17, 15) is 4.79 Å². The number of anilines is 1. The number of carbonyl (C=O) groups is 1. The highest BCUT2D eigenvalue weighted by atomic mass is 16.5. The SMILES string of the molecule is Cc1ccc(C(CNC(=O)c2ccc(N3CCCCC3)cc2)N2CCOCC2)cc1. The zero-order chi connectivity index (χ0) is 20.8. The van der Waals surface area contributed by atoms with E-state index in [1.54, 1.807) is 0 Å². The number of hydrogen-bond acceptors (Lipinski definition) is 4. The van der Waals surface area contributed by atoms with Gasteiger partial charge in [0, 0.05) is 44.0 Å². The lowest BCUT2D eigenvalue weighted by molar-refractivity contribution is 0.0162. The summed E-state index contributed by atoms with van der Waals surface area (Å²) in [7, 11) is 0. The van der Waals surface area contributed by atoms with E-state index in [-0.39, 0.29) is 11.9 Å². The molecule has 0 aliphatic carbocycles. The highest BCUT2D eigenvalue weighted by molar-refractivity contribution is 5.94. The summed E-state index contributed by atoms with van der Waals surface area (Å²) in [6.07, 6.45) is 3.83. The third-order valence-corrected chi connectivity index (χ3v) is 6.26. The van der Waals surface area contributed by atoms with Crippen molar-refractivity contribution in [2.45, 2.75) is 32.2 Å². The molecule has 2 aliphatic heterocycles. The van der Waals surface area contributed by atoms with E-state index >= 15 is 0 Å². The van der Waals surface area contributed by atoms with E-state index in [1.165, 1.54) is 36.1 Å². The molecule has 160 valence electrons. The Labute approximate surface area is 180 Å². The predicted octanol–water partition coefficient (Wildman–Crippen LogP) is 3.79. The van der Waals surface area contributed by atoms with Crippen LogP contribution in [0, 0.1) is 6.92 Å². The van der Waals surface area contributed by atoms with Crippen LogP contribution in [-0.4, -0.2) is 56.7 Å². The van der Waals surface area contributed by atoms with Crippen molar-refractivity contribution in [1.82, 2.24) is 10.2 Å². The molecule has 2 saturated heterocycles. The fraction of sp³-hybridized carbons (Fsp3) is 0.480. The normalized spacial score (nSPS) is 18.8. The van der Waals surface area contributed by atoms with Gasteiger partial charge in [-0.05, 0) is 56.0 Å². The third kappa shape index (κ3) is 5.21. The van der Waals surface area contributed by atoms with Gasteiger partial charge in [0.25, 0.3) is 5.91 Å². The van der Waals surface area contributed by atoms with Gasteiger partial charge in [0.05, 0.1) is 19.3 Å². The second-order valence-corrected chi connectivity index (χ2v) is 8.38. The minimum Gasteiger partial charge on any atom is -0.379 e. The van der Waals surface area contributed by atoms with Crippen LogP contribution in [0.3, 0.4) is 0 Å². The quantitative estimate of drug-likeness (QED) is 0.791. The van der Waals surface area contributed by atoms with Crippen LogP contribution in [0.1, 0.15) is 46.8 Å². The Morgan fingerprint density at radius 2 is 1.60 bits per heavy atom. The smallest absolute Gasteiger partial charge is 0.251 e. The van der Waals surface area contributed by atoms with Gasteiger partial charge in [-0.2, -0.15) is 0 Å². The first-order valence-electron chi connectivity index (χ1n) is 11.2. The van der Waals surface area contributed by atoms with Crippen LogP contribution < -0.4 is 10.2 Å². The average Bonchev–Trinajstić information content (AvgIpc) is 2.81. The number of rotatable bonds is 6. The molecular weight excluding hydrogens is 374 g/mol. The number of morpholine rings is 1. The van der Waals surface area contributed by atoms with Crippen LogP contribution in [-0.2, 0) is 4.74 Å². The van der Waals surface area contributed by atoms with Crippen molar-refractivity contribution in [3.05, 3.63) is 65.2 Å².